The zero-order valence-electron chi connectivity index (χ0n) is 17.3. The zero-order valence-corrected chi connectivity index (χ0v) is 17.3. The number of aromatic nitrogens is 2. The van der Waals surface area contributed by atoms with Gasteiger partial charge in [0.1, 0.15) is 17.3 Å². The molecule has 0 fully saturated rings. The molecule has 1 aromatic heterocycles. The maximum atomic E-state index is 12.7. The summed E-state index contributed by atoms with van der Waals surface area (Å²) in [5.74, 6) is 0.692. The first-order valence-electron chi connectivity index (χ1n) is 9.36. The Bertz CT molecular complexity index is 1070. The summed E-state index contributed by atoms with van der Waals surface area (Å²) in [6.07, 6.45) is 0. The molecule has 0 spiro atoms. The molecule has 0 aliphatic carbocycles. The molecule has 1 amide bonds. The van der Waals surface area contributed by atoms with E-state index < -0.39 is 0 Å². The highest BCUT2D eigenvalue weighted by molar-refractivity contribution is 6.03. The largest absolute Gasteiger partial charge is 0.340 e. The van der Waals surface area contributed by atoms with Gasteiger partial charge in [-0.25, -0.2) is 9.97 Å². The highest BCUT2D eigenvalue weighted by Gasteiger charge is 2.13. The number of hydrogen-bond donors (Lipinski definition) is 2. The summed E-state index contributed by atoms with van der Waals surface area (Å²) in [6.45, 7) is 9.38. The van der Waals surface area contributed by atoms with Crippen LogP contribution in [-0.2, 0) is 0 Å². The molecule has 6 nitrogen and oxygen atoms in total. The molecule has 0 saturated heterocycles. The number of hydrogen-bond acceptors (Lipinski definition) is 5. The Morgan fingerprint density at radius 2 is 1.48 bits per heavy atom. The van der Waals surface area contributed by atoms with Crippen LogP contribution in [0.1, 0.15) is 50.3 Å². The quantitative estimate of drug-likeness (QED) is 0.607. The number of carbonyl (C=O) groups excluding carboxylic acids is 2. The van der Waals surface area contributed by atoms with Crippen LogP contribution in [0.2, 0.25) is 0 Å². The Kier molecular flexibility index (Phi) is 5.73. The number of anilines is 3. The number of rotatable bonds is 5. The van der Waals surface area contributed by atoms with Crippen molar-refractivity contribution in [2.24, 2.45) is 0 Å². The van der Waals surface area contributed by atoms with Gasteiger partial charge in [-0.1, -0.05) is 17.7 Å². The summed E-state index contributed by atoms with van der Waals surface area (Å²) in [5, 5.41) is 6.12. The lowest BCUT2D eigenvalue weighted by molar-refractivity contribution is 0.101. The third-order valence-corrected chi connectivity index (χ3v) is 4.55. The molecule has 148 valence electrons. The van der Waals surface area contributed by atoms with Crippen molar-refractivity contribution >= 4 is 28.9 Å². The molecular formula is C23H24N4O2. The standard InChI is InChI=1S/C23H24N4O2/c1-13-10-14(2)22(15(3)11-13)27-21-12-20(24-17(5)25-21)23(29)26-19-8-6-18(7-9-19)16(4)28/h6-12H,1-5H3,(H,26,29)(H,24,25,27). The second kappa shape index (κ2) is 8.22. The summed E-state index contributed by atoms with van der Waals surface area (Å²) in [4.78, 5) is 32.7. The smallest absolute Gasteiger partial charge is 0.274 e. The molecule has 0 aliphatic rings. The van der Waals surface area contributed by atoms with E-state index in [2.05, 4.69) is 39.7 Å². The zero-order chi connectivity index (χ0) is 21.1. The number of benzene rings is 2. The van der Waals surface area contributed by atoms with E-state index >= 15 is 0 Å². The monoisotopic (exact) mass is 388 g/mol. The van der Waals surface area contributed by atoms with Crippen molar-refractivity contribution in [1.29, 1.82) is 0 Å². The minimum Gasteiger partial charge on any atom is -0.340 e. The van der Waals surface area contributed by atoms with E-state index in [0.29, 0.717) is 22.9 Å². The van der Waals surface area contributed by atoms with E-state index in [1.54, 1.807) is 37.3 Å². The van der Waals surface area contributed by atoms with Crippen molar-refractivity contribution in [3.05, 3.63) is 76.2 Å². The third kappa shape index (κ3) is 4.85. The number of aryl methyl sites for hydroxylation is 4. The fraction of sp³-hybridized carbons (Fsp3) is 0.217. The summed E-state index contributed by atoms with van der Waals surface area (Å²) in [6, 6.07) is 12.6. The van der Waals surface area contributed by atoms with Crippen molar-refractivity contribution in [3.8, 4) is 0 Å². The van der Waals surface area contributed by atoms with Gasteiger partial charge in [-0.05, 0) is 70.0 Å². The van der Waals surface area contributed by atoms with E-state index in [1.165, 1.54) is 12.5 Å². The third-order valence-electron chi connectivity index (χ3n) is 4.55. The normalized spacial score (nSPS) is 10.5. The van der Waals surface area contributed by atoms with Crippen LogP contribution in [0.3, 0.4) is 0 Å². The molecule has 0 radical (unpaired) electrons. The Morgan fingerprint density at radius 3 is 2.07 bits per heavy atom. The minimum atomic E-state index is -0.341. The first-order valence-corrected chi connectivity index (χ1v) is 9.36. The molecule has 0 aliphatic heterocycles. The highest BCUT2D eigenvalue weighted by Crippen LogP contribution is 2.25. The summed E-state index contributed by atoms with van der Waals surface area (Å²) in [7, 11) is 0. The maximum absolute atomic E-state index is 12.7. The van der Waals surface area contributed by atoms with Gasteiger partial charge >= 0.3 is 0 Å². The fourth-order valence-electron chi connectivity index (χ4n) is 3.24. The molecule has 0 saturated carbocycles. The van der Waals surface area contributed by atoms with Gasteiger partial charge in [0.2, 0.25) is 0 Å². The van der Waals surface area contributed by atoms with Crippen molar-refractivity contribution in [2.75, 3.05) is 10.6 Å². The molecule has 6 heteroatoms. The lowest BCUT2D eigenvalue weighted by atomic mass is 10.1. The van der Waals surface area contributed by atoms with Crippen LogP contribution >= 0.6 is 0 Å². The summed E-state index contributed by atoms with van der Waals surface area (Å²) < 4.78 is 0. The predicted octanol–water partition coefficient (Wildman–Crippen LogP) is 4.91. The van der Waals surface area contributed by atoms with Crippen LogP contribution in [0.25, 0.3) is 0 Å². The van der Waals surface area contributed by atoms with Crippen LogP contribution in [0.5, 0.6) is 0 Å². The van der Waals surface area contributed by atoms with Gasteiger partial charge in [-0.2, -0.15) is 0 Å². The Labute approximate surface area is 170 Å². The fourth-order valence-corrected chi connectivity index (χ4v) is 3.24. The van der Waals surface area contributed by atoms with Gasteiger partial charge < -0.3 is 10.6 Å². The van der Waals surface area contributed by atoms with Crippen molar-refractivity contribution < 1.29 is 9.59 Å². The SMILES string of the molecule is CC(=O)c1ccc(NC(=O)c2cc(Nc3c(C)cc(C)cc3C)nc(C)n2)cc1. The Hall–Kier alpha value is -3.54. The number of carbonyl (C=O) groups is 2. The lowest BCUT2D eigenvalue weighted by Gasteiger charge is -2.14. The van der Waals surface area contributed by atoms with Crippen LogP contribution in [-0.4, -0.2) is 21.7 Å². The van der Waals surface area contributed by atoms with E-state index in [1.807, 2.05) is 13.8 Å². The lowest BCUT2D eigenvalue weighted by Crippen LogP contribution is -2.15. The number of nitrogens with zero attached hydrogens (tertiary/aromatic N) is 2. The summed E-state index contributed by atoms with van der Waals surface area (Å²) >= 11 is 0. The van der Waals surface area contributed by atoms with Crippen LogP contribution in [0.15, 0.2) is 42.5 Å². The number of Topliss-reactive ketones (excluding diaryl/α,β-unsaturated/α-hetero) is 1. The summed E-state index contributed by atoms with van der Waals surface area (Å²) in [5.41, 5.74) is 5.83. The molecule has 2 N–H and O–H groups in total. The molecule has 0 atom stereocenters. The molecule has 1 heterocycles. The first kappa shape index (κ1) is 20.2. The number of ketones is 1. The number of amides is 1. The predicted molar refractivity (Wildman–Crippen MR) is 115 cm³/mol. The maximum Gasteiger partial charge on any atom is 0.274 e. The minimum absolute atomic E-state index is 0.0216. The van der Waals surface area contributed by atoms with Crippen LogP contribution in [0.4, 0.5) is 17.2 Å². The number of nitrogens with one attached hydrogen (secondary N) is 2. The molecule has 0 bridgehead atoms. The van der Waals surface area contributed by atoms with E-state index in [-0.39, 0.29) is 17.4 Å². The van der Waals surface area contributed by atoms with Gasteiger partial charge in [0.15, 0.2) is 5.78 Å². The molecular weight excluding hydrogens is 364 g/mol. The van der Waals surface area contributed by atoms with Crippen molar-refractivity contribution in [2.45, 2.75) is 34.6 Å². The molecule has 2 aromatic carbocycles. The van der Waals surface area contributed by atoms with Gasteiger partial charge in [0.25, 0.3) is 5.91 Å². The second-order valence-electron chi connectivity index (χ2n) is 7.17. The van der Waals surface area contributed by atoms with E-state index in [9.17, 15) is 9.59 Å². The highest BCUT2D eigenvalue weighted by atomic mass is 16.2. The van der Waals surface area contributed by atoms with E-state index in [4.69, 9.17) is 0 Å². The van der Waals surface area contributed by atoms with Gasteiger partial charge in [0, 0.05) is 23.0 Å². The van der Waals surface area contributed by atoms with Crippen molar-refractivity contribution in [1.82, 2.24) is 9.97 Å². The average Bonchev–Trinajstić information content (AvgIpc) is 2.64. The van der Waals surface area contributed by atoms with Gasteiger partial charge in [0.05, 0.1) is 0 Å². The Morgan fingerprint density at radius 1 is 0.862 bits per heavy atom. The Balaban J connectivity index is 1.83. The molecule has 29 heavy (non-hydrogen) atoms. The second-order valence-corrected chi connectivity index (χ2v) is 7.17. The first-order chi connectivity index (χ1) is 13.7. The molecule has 3 aromatic rings. The van der Waals surface area contributed by atoms with Crippen molar-refractivity contribution in [3.63, 3.8) is 0 Å². The van der Waals surface area contributed by atoms with E-state index in [0.717, 1.165) is 16.8 Å². The average molecular weight is 388 g/mol. The molecule has 3 rings (SSSR count). The van der Waals surface area contributed by atoms with Gasteiger partial charge in [-0.15, -0.1) is 0 Å². The van der Waals surface area contributed by atoms with Crippen LogP contribution < -0.4 is 10.6 Å². The van der Waals surface area contributed by atoms with Gasteiger partial charge in [-0.3, -0.25) is 9.59 Å². The topological polar surface area (TPSA) is 84.0 Å². The van der Waals surface area contributed by atoms with Crippen LogP contribution in [0, 0.1) is 27.7 Å². The molecule has 0 unspecified atom stereocenters.